The molecule has 2 aromatic carbocycles. The Balaban J connectivity index is 1.84. The summed E-state index contributed by atoms with van der Waals surface area (Å²) in [5.41, 5.74) is 4.44. The standard InChI is InChI=1S/C18H17FO/c1-12-4-2-7-16(18(12)19)17(20)11-13-8-9-14-5-3-6-15(14)10-13/h2,4,7-10H,3,5-6,11H2,1H3. The van der Waals surface area contributed by atoms with Crippen molar-refractivity contribution in [3.8, 4) is 0 Å². The number of hydrogen-bond donors (Lipinski definition) is 0. The summed E-state index contributed by atoms with van der Waals surface area (Å²) in [6.07, 6.45) is 3.69. The van der Waals surface area contributed by atoms with Crippen molar-refractivity contribution in [3.63, 3.8) is 0 Å². The quantitative estimate of drug-likeness (QED) is 0.768. The van der Waals surface area contributed by atoms with Gasteiger partial charge in [-0.2, -0.15) is 0 Å². The van der Waals surface area contributed by atoms with E-state index >= 15 is 0 Å². The predicted molar refractivity (Wildman–Crippen MR) is 77.6 cm³/mol. The molecule has 2 aromatic rings. The second-order valence-electron chi connectivity index (χ2n) is 5.49. The summed E-state index contributed by atoms with van der Waals surface area (Å²) >= 11 is 0. The molecule has 0 atom stereocenters. The van der Waals surface area contributed by atoms with Crippen LogP contribution in [-0.4, -0.2) is 5.78 Å². The van der Waals surface area contributed by atoms with Crippen LogP contribution in [-0.2, 0) is 19.3 Å². The van der Waals surface area contributed by atoms with Gasteiger partial charge in [0, 0.05) is 6.42 Å². The molecule has 0 aliphatic heterocycles. The molecule has 0 bridgehead atoms. The predicted octanol–water partition coefficient (Wildman–Crippen LogP) is 4.05. The number of rotatable bonds is 3. The molecule has 20 heavy (non-hydrogen) atoms. The summed E-state index contributed by atoms with van der Waals surface area (Å²) < 4.78 is 14.0. The molecule has 1 aliphatic rings. The first-order valence-corrected chi connectivity index (χ1v) is 7.04. The average Bonchev–Trinajstić information content (AvgIpc) is 2.89. The minimum Gasteiger partial charge on any atom is -0.294 e. The lowest BCUT2D eigenvalue weighted by Crippen LogP contribution is -2.07. The van der Waals surface area contributed by atoms with Gasteiger partial charge in [-0.15, -0.1) is 0 Å². The minimum atomic E-state index is -0.390. The van der Waals surface area contributed by atoms with E-state index in [0.717, 1.165) is 18.4 Å². The van der Waals surface area contributed by atoms with Gasteiger partial charge in [-0.05, 0) is 54.5 Å². The van der Waals surface area contributed by atoms with Crippen LogP contribution in [0.2, 0.25) is 0 Å². The fraction of sp³-hybridized carbons (Fsp3) is 0.278. The van der Waals surface area contributed by atoms with Crippen LogP contribution < -0.4 is 0 Å². The molecule has 0 amide bonds. The lowest BCUT2D eigenvalue weighted by Gasteiger charge is -2.07. The van der Waals surface area contributed by atoms with E-state index in [1.54, 1.807) is 25.1 Å². The van der Waals surface area contributed by atoms with E-state index in [4.69, 9.17) is 0 Å². The van der Waals surface area contributed by atoms with Crippen molar-refractivity contribution in [2.45, 2.75) is 32.6 Å². The Labute approximate surface area is 118 Å². The Morgan fingerprint density at radius 3 is 2.80 bits per heavy atom. The van der Waals surface area contributed by atoms with Gasteiger partial charge in [-0.25, -0.2) is 4.39 Å². The fourth-order valence-corrected chi connectivity index (χ4v) is 2.88. The lowest BCUT2D eigenvalue weighted by molar-refractivity contribution is 0.0989. The van der Waals surface area contributed by atoms with Crippen molar-refractivity contribution in [1.82, 2.24) is 0 Å². The molecule has 0 saturated heterocycles. The van der Waals surface area contributed by atoms with Gasteiger partial charge in [0.05, 0.1) is 5.56 Å². The van der Waals surface area contributed by atoms with Crippen LogP contribution in [0.25, 0.3) is 0 Å². The van der Waals surface area contributed by atoms with Gasteiger partial charge in [-0.3, -0.25) is 4.79 Å². The molecule has 0 unspecified atom stereocenters. The highest BCUT2D eigenvalue weighted by atomic mass is 19.1. The molecule has 0 saturated carbocycles. The maximum Gasteiger partial charge on any atom is 0.170 e. The average molecular weight is 268 g/mol. The molecular formula is C18H17FO. The van der Waals surface area contributed by atoms with E-state index in [9.17, 15) is 9.18 Å². The highest BCUT2D eigenvalue weighted by molar-refractivity contribution is 5.98. The largest absolute Gasteiger partial charge is 0.294 e. The maximum absolute atomic E-state index is 14.0. The summed E-state index contributed by atoms with van der Waals surface area (Å²) in [5, 5.41) is 0. The smallest absolute Gasteiger partial charge is 0.170 e. The number of ketones is 1. The van der Waals surface area contributed by atoms with Gasteiger partial charge in [0.25, 0.3) is 0 Å². The maximum atomic E-state index is 14.0. The molecule has 3 rings (SSSR count). The molecule has 0 spiro atoms. The highest BCUT2D eigenvalue weighted by Gasteiger charge is 2.16. The fourth-order valence-electron chi connectivity index (χ4n) is 2.88. The number of carbonyl (C=O) groups is 1. The zero-order chi connectivity index (χ0) is 14.1. The second kappa shape index (κ2) is 5.20. The molecular weight excluding hydrogens is 251 g/mol. The zero-order valence-corrected chi connectivity index (χ0v) is 11.6. The van der Waals surface area contributed by atoms with Crippen LogP contribution in [0, 0.1) is 12.7 Å². The number of carbonyl (C=O) groups excluding carboxylic acids is 1. The first-order chi connectivity index (χ1) is 9.65. The van der Waals surface area contributed by atoms with Gasteiger partial charge in [0.2, 0.25) is 0 Å². The number of halogens is 1. The Bertz CT molecular complexity index is 673. The topological polar surface area (TPSA) is 17.1 Å². The van der Waals surface area contributed by atoms with Crippen LogP contribution in [0.15, 0.2) is 36.4 Å². The van der Waals surface area contributed by atoms with E-state index in [1.165, 1.54) is 17.5 Å². The Morgan fingerprint density at radius 1 is 1.15 bits per heavy atom. The molecule has 0 N–H and O–H groups in total. The third-order valence-corrected chi connectivity index (χ3v) is 4.02. The molecule has 2 heteroatoms. The van der Waals surface area contributed by atoms with Gasteiger partial charge in [0.1, 0.15) is 5.82 Å². The normalized spacial score (nSPS) is 13.3. The molecule has 1 aliphatic carbocycles. The van der Waals surface area contributed by atoms with Gasteiger partial charge in [0.15, 0.2) is 5.78 Å². The number of fused-ring (bicyclic) bond motifs is 1. The highest BCUT2D eigenvalue weighted by Crippen LogP contribution is 2.23. The number of benzene rings is 2. The lowest BCUT2D eigenvalue weighted by atomic mass is 9.98. The molecule has 0 aromatic heterocycles. The molecule has 0 heterocycles. The SMILES string of the molecule is Cc1cccc(C(=O)Cc2ccc3c(c2)CCC3)c1F. The van der Waals surface area contributed by atoms with Gasteiger partial charge >= 0.3 is 0 Å². The van der Waals surface area contributed by atoms with Crippen LogP contribution >= 0.6 is 0 Å². The van der Waals surface area contributed by atoms with E-state index in [2.05, 4.69) is 12.1 Å². The van der Waals surface area contributed by atoms with Crippen molar-refractivity contribution >= 4 is 5.78 Å². The van der Waals surface area contributed by atoms with Crippen LogP contribution in [0.3, 0.4) is 0 Å². The Morgan fingerprint density at radius 2 is 1.95 bits per heavy atom. The van der Waals surface area contributed by atoms with E-state index in [-0.39, 0.29) is 17.8 Å². The van der Waals surface area contributed by atoms with Crippen LogP contribution in [0.1, 0.15) is 39.0 Å². The zero-order valence-electron chi connectivity index (χ0n) is 11.6. The Kier molecular flexibility index (Phi) is 3.39. The third-order valence-electron chi connectivity index (χ3n) is 4.02. The summed E-state index contributed by atoms with van der Waals surface area (Å²) in [5.74, 6) is -0.539. The molecule has 1 nitrogen and oxygen atoms in total. The summed E-state index contributed by atoms with van der Waals surface area (Å²) in [6, 6.07) is 11.2. The van der Waals surface area contributed by atoms with Crippen molar-refractivity contribution in [2.75, 3.05) is 0 Å². The summed E-state index contributed by atoms with van der Waals surface area (Å²) in [4.78, 5) is 12.2. The van der Waals surface area contributed by atoms with Crippen molar-refractivity contribution in [2.24, 2.45) is 0 Å². The Hall–Kier alpha value is -1.96. The van der Waals surface area contributed by atoms with Gasteiger partial charge < -0.3 is 0 Å². The molecule has 0 fully saturated rings. The minimum absolute atomic E-state index is 0.149. The van der Waals surface area contributed by atoms with E-state index in [0.29, 0.717) is 5.56 Å². The number of Topliss-reactive ketones (excluding diaryl/α,β-unsaturated/α-hetero) is 1. The summed E-state index contributed by atoms with van der Waals surface area (Å²) in [7, 11) is 0. The van der Waals surface area contributed by atoms with E-state index < -0.39 is 5.82 Å². The summed E-state index contributed by atoms with van der Waals surface area (Å²) in [6.45, 7) is 1.68. The second-order valence-corrected chi connectivity index (χ2v) is 5.49. The third kappa shape index (κ3) is 2.38. The van der Waals surface area contributed by atoms with Crippen molar-refractivity contribution < 1.29 is 9.18 Å². The number of aryl methyl sites for hydroxylation is 3. The monoisotopic (exact) mass is 268 g/mol. The molecule has 102 valence electrons. The number of hydrogen-bond acceptors (Lipinski definition) is 1. The first kappa shape index (κ1) is 13.0. The van der Waals surface area contributed by atoms with Crippen molar-refractivity contribution in [1.29, 1.82) is 0 Å². The van der Waals surface area contributed by atoms with Crippen LogP contribution in [0.4, 0.5) is 4.39 Å². The van der Waals surface area contributed by atoms with Crippen molar-refractivity contribution in [3.05, 3.63) is 70.0 Å². The van der Waals surface area contributed by atoms with Gasteiger partial charge in [-0.1, -0.05) is 30.3 Å². The van der Waals surface area contributed by atoms with E-state index in [1.807, 2.05) is 6.07 Å². The first-order valence-electron chi connectivity index (χ1n) is 7.04. The molecule has 0 radical (unpaired) electrons. The van der Waals surface area contributed by atoms with Crippen LogP contribution in [0.5, 0.6) is 0 Å².